The minimum Gasteiger partial charge on any atom is -0.241 e. The average Bonchev–Trinajstić information content (AvgIpc) is 2.84. The average molecular weight is 426 g/mol. The van der Waals surface area contributed by atoms with E-state index in [0.717, 1.165) is 41.8 Å². The maximum absolute atomic E-state index is 9.80. The van der Waals surface area contributed by atoms with Crippen molar-refractivity contribution in [2.24, 2.45) is 0 Å². The molecule has 0 amide bonds. The van der Waals surface area contributed by atoms with E-state index in [4.69, 9.17) is 0 Å². The van der Waals surface area contributed by atoms with Crippen LogP contribution in [0.2, 0.25) is 0 Å². The largest absolute Gasteiger partial charge is 0.241 e. The molecule has 1 aromatic heterocycles. The van der Waals surface area contributed by atoms with Crippen LogP contribution in [0.4, 0.5) is 0 Å². The van der Waals surface area contributed by atoms with Crippen LogP contribution in [0.25, 0.3) is 11.1 Å². The van der Waals surface area contributed by atoms with Crippen molar-refractivity contribution < 1.29 is 0 Å². The molecule has 3 rings (SSSR count). The molecule has 1 heterocycles. The third-order valence-corrected chi connectivity index (χ3v) is 6.23. The van der Waals surface area contributed by atoms with Gasteiger partial charge in [0.1, 0.15) is 5.82 Å². The SMILES string of the molecule is CCCCCc1ccc(C(C)c2ccc(-c3cnc(CCCCC)nc3)c(C#N)c2)cc1. The highest BCUT2D eigenvalue weighted by Gasteiger charge is 2.13. The highest BCUT2D eigenvalue weighted by Crippen LogP contribution is 2.30. The van der Waals surface area contributed by atoms with Gasteiger partial charge >= 0.3 is 0 Å². The van der Waals surface area contributed by atoms with Gasteiger partial charge in [-0.2, -0.15) is 5.26 Å². The summed E-state index contributed by atoms with van der Waals surface area (Å²) >= 11 is 0. The summed E-state index contributed by atoms with van der Waals surface area (Å²) < 4.78 is 0. The van der Waals surface area contributed by atoms with Gasteiger partial charge in [-0.1, -0.05) is 82.9 Å². The second-order valence-corrected chi connectivity index (χ2v) is 8.68. The molecule has 0 aliphatic heterocycles. The first kappa shape index (κ1) is 23.7. The lowest BCUT2D eigenvalue weighted by molar-refractivity contribution is 0.693. The number of aryl methyl sites for hydroxylation is 2. The molecule has 2 aromatic carbocycles. The molecule has 3 nitrogen and oxygen atoms in total. The third-order valence-electron chi connectivity index (χ3n) is 6.23. The molecule has 1 atom stereocenters. The highest BCUT2D eigenvalue weighted by molar-refractivity contribution is 5.70. The predicted molar refractivity (Wildman–Crippen MR) is 133 cm³/mol. The summed E-state index contributed by atoms with van der Waals surface area (Å²) in [5.74, 6) is 1.11. The fourth-order valence-electron chi connectivity index (χ4n) is 4.08. The lowest BCUT2D eigenvalue weighted by atomic mass is 9.89. The van der Waals surface area contributed by atoms with E-state index < -0.39 is 0 Å². The number of nitriles is 1. The molecule has 1 unspecified atom stereocenters. The van der Waals surface area contributed by atoms with Crippen molar-refractivity contribution in [2.45, 2.75) is 78.1 Å². The van der Waals surface area contributed by atoms with Crippen LogP contribution in [0.1, 0.15) is 93.3 Å². The van der Waals surface area contributed by atoms with Crippen LogP contribution in [0, 0.1) is 11.3 Å². The Labute approximate surface area is 193 Å². The Bertz CT molecular complexity index is 1010. The molecule has 166 valence electrons. The van der Waals surface area contributed by atoms with E-state index in [9.17, 15) is 5.26 Å². The second-order valence-electron chi connectivity index (χ2n) is 8.68. The predicted octanol–water partition coefficient (Wildman–Crippen LogP) is 7.63. The molecule has 0 aliphatic rings. The maximum atomic E-state index is 9.80. The van der Waals surface area contributed by atoms with Gasteiger partial charge in [0, 0.05) is 35.9 Å². The Hall–Kier alpha value is -2.99. The quantitative estimate of drug-likeness (QED) is 0.297. The summed E-state index contributed by atoms with van der Waals surface area (Å²) in [6.07, 6.45) is 13.1. The molecule has 0 aliphatic carbocycles. The van der Waals surface area contributed by atoms with E-state index in [1.54, 1.807) is 0 Å². The lowest BCUT2D eigenvalue weighted by Crippen LogP contribution is -1.99. The first-order chi connectivity index (χ1) is 15.7. The van der Waals surface area contributed by atoms with E-state index in [0.29, 0.717) is 5.56 Å². The standard InChI is InChI=1S/C29H35N3/c1-4-6-8-10-23-12-14-24(15-13-23)22(3)25-16-17-28(26(18-25)19-30)27-20-31-29(32-21-27)11-9-7-5-2/h12-18,20-22H,4-11H2,1-3H3. The number of benzene rings is 2. The molecule has 32 heavy (non-hydrogen) atoms. The lowest BCUT2D eigenvalue weighted by Gasteiger charge is -2.15. The first-order valence-corrected chi connectivity index (χ1v) is 12.1. The van der Waals surface area contributed by atoms with Gasteiger partial charge in [-0.05, 0) is 42.0 Å². The fourth-order valence-corrected chi connectivity index (χ4v) is 4.08. The Balaban J connectivity index is 1.74. The molecule has 3 aromatic rings. The van der Waals surface area contributed by atoms with Crippen LogP contribution in [0.15, 0.2) is 54.9 Å². The Morgan fingerprint density at radius 1 is 0.812 bits per heavy atom. The van der Waals surface area contributed by atoms with Crippen LogP contribution < -0.4 is 0 Å². The van der Waals surface area contributed by atoms with Crippen molar-refractivity contribution in [1.29, 1.82) is 5.26 Å². The summed E-state index contributed by atoms with van der Waals surface area (Å²) in [5, 5.41) is 9.80. The molecule has 0 saturated carbocycles. The maximum Gasteiger partial charge on any atom is 0.128 e. The summed E-state index contributed by atoms with van der Waals surface area (Å²) in [4.78, 5) is 9.04. The molecule has 0 spiro atoms. The third kappa shape index (κ3) is 6.26. The van der Waals surface area contributed by atoms with Crippen molar-refractivity contribution in [3.8, 4) is 17.2 Å². The van der Waals surface area contributed by atoms with Gasteiger partial charge in [-0.25, -0.2) is 9.97 Å². The molecular weight excluding hydrogens is 390 g/mol. The summed E-state index contributed by atoms with van der Waals surface area (Å²) in [6, 6.07) is 17.5. The number of hydrogen-bond acceptors (Lipinski definition) is 3. The van der Waals surface area contributed by atoms with Crippen molar-refractivity contribution in [3.05, 3.63) is 82.9 Å². The minimum atomic E-state index is 0.234. The number of rotatable bonds is 11. The van der Waals surface area contributed by atoms with Gasteiger partial charge in [0.15, 0.2) is 0 Å². The van der Waals surface area contributed by atoms with Crippen LogP contribution in [0.5, 0.6) is 0 Å². The van der Waals surface area contributed by atoms with E-state index in [-0.39, 0.29) is 5.92 Å². The zero-order valence-corrected chi connectivity index (χ0v) is 19.8. The molecule has 0 saturated heterocycles. The fraction of sp³-hybridized carbons (Fsp3) is 0.414. The second kappa shape index (κ2) is 12.2. The Kier molecular flexibility index (Phi) is 8.99. The molecule has 0 bridgehead atoms. The van der Waals surface area contributed by atoms with Crippen LogP contribution in [-0.2, 0) is 12.8 Å². The number of unbranched alkanes of at least 4 members (excludes halogenated alkanes) is 4. The van der Waals surface area contributed by atoms with Gasteiger partial charge in [0.2, 0.25) is 0 Å². The smallest absolute Gasteiger partial charge is 0.128 e. The number of nitrogens with zero attached hydrogens (tertiary/aromatic N) is 3. The van der Waals surface area contributed by atoms with Crippen LogP contribution >= 0.6 is 0 Å². The van der Waals surface area contributed by atoms with E-state index >= 15 is 0 Å². The molecule has 0 radical (unpaired) electrons. The zero-order chi connectivity index (χ0) is 22.8. The molecule has 3 heteroatoms. The van der Waals surface area contributed by atoms with E-state index in [1.165, 1.54) is 43.2 Å². The Morgan fingerprint density at radius 3 is 2.06 bits per heavy atom. The van der Waals surface area contributed by atoms with Crippen molar-refractivity contribution >= 4 is 0 Å². The zero-order valence-electron chi connectivity index (χ0n) is 19.8. The molecule has 0 N–H and O–H groups in total. The monoisotopic (exact) mass is 425 g/mol. The molecule has 0 fully saturated rings. The van der Waals surface area contributed by atoms with E-state index in [1.807, 2.05) is 24.5 Å². The normalized spacial score (nSPS) is 11.8. The van der Waals surface area contributed by atoms with Gasteiger partial charge in [-0.15, -0.1) is 0 Å². The van der Waals surface area contributed by atoms with Crippen molar-refractivity contribution in [1.82, 2.24) is 9.97 Å². The number of hydrogen-bond donors (Lipinski definition) is 0. The Morgan fingerprint density at radius 2 is 1.44 bits per heavy atom. The first-order valence-electron chi connectivity index (χ1n) is 12.1. The highest BCUT2D eigenvalue weighted by atomic mass is 14.9. The number of aromatic nitrogens is 2. The van der Waals surface area contributed by atoms with Gasteiger partial charge in [0.25, 0.3) is 0 Å². The van der Waals surface area contributed by atoms with Crippen LogP contribution in [-0.4, -0.2) is 9.97 Å². The summed E-state index contributed by atoms with van der Waals surface area (Å²) in [6.45, 7) is 6.64. The van der Waals surface area contributed by atoms with E-state index in [2.05, 4.69) is 67.1 Å². The minimum absolute atomic E-state index is 0.234. The summed E-state index contributed by atoms with van der Waals surface area (Å²) in [5.41, 5.74) is 6.31. The van der Waals surface area contributed by atoms with Crippen molar-refractivity contribution in [2.75, 3.05) is 0 Å². The summed E-state index contributed by atoms with van der Waals surface area (Å²) in [7, 11) is 0. The van der Waals surface area contributed by atoms with Gasteiger partial charge in [0.05, 0.1) is 11.6 Å². The molecular formula is C29H35N3. The van der Waals surface area contributed by atoms with Crippen molar-refractivity contribution in [3.63, 3.8) is 0 Å². The van der Waals surface area contributed by atoms with Gasteiger partial charge in [-0.3, -0.25) is 0 Å². The topological polar surface area (TPSA) is 49.6 Å². The van der Waals surface area contributed by atoms with Gasteiger partial charge < -0.3 is 0 Å². The van der Waals surface area contributed by atoms with Crippen LogP contribution in [0.3, 0.4) is 0 Å².